The zero-order chi connectivity index (χ0) is 15.6. The van der Waals surface area contributed by atoms with Crippen molar-refractivity contribution in [1.29, 1.82) is 0 Å². The van der Waals surface area contributed by atoms with E-state index in [-0.39, 0.29) is 12.5 Å². The molecule has 1 saturated heterocycles. The molecule has 1 aliphatic rings. The molecule has 3 heterocycles. The first-order chi connectivity index (χ1) is 11.3. The van der Waals surface area contributed by atoms with Crippen LogP contribution in [0.25, 0.3) is 10.9 Å². The Hall–Kier alpha value is -2.89. The van der Waals surface area contributed by atoms with Gasteiger partial charge in [0, 0.05) is 24.7 Å². The van der Waals surface area contributed by atoms with Gasteiger partial charge in [-0.3, -0.25) is 9.78 Å². The van der Waals surface area contributed by atoms with Gasteiger partial charge >= 0.3 is 0 Å². The molecule has 0 spiro atoms. The van der Waals surface area contributed by atoms with Crippen molar-refractivity contribution in [2.24, 2.45) is 0 Å². The van der Waals surface area contributed by atoms with Gasteiger partial charge in [0.15, 0.2) is 12.3 Å². The van der Waals surface area contributed by atoms with Gasteiger partial charge in [0.1, 0.15) is 12.0 Å². The Morgan fingerprint density at radius 1 is 1.30 bits per heavy atom. The van der Waals surface area contributed by atoms with Crippen LogP contribution >= 0.6 is 0 Å². The Morgan fingerprint density at radius 3 is 3.04 bits per heavy atom. The molecule has 1 aromatic carbocycles. The summed E-state index contributed by atoms with van der Waals surface area (Å²) in [6, 6.07) is 9.53. The molecule has 1 aliphatic heterocycles. The van der Waals surface area contributed by atoms with Crippen LogP contribution in [-0.2, 0) is 6.61 Å². The van der Waals surface area contributed by atoms with Crippen LogP contribution in [0.4, 0.5) is 0 Å². The van der Waals surface area contributed by atoms with Gasteiger partial charge in [-0.2, -0.15) is 0 Å². The molecule has 1 fully saturated rings. The fourth-order valence-corrected chi connectivity index (χ4v) is 2.45. The third kappa shape index (κ3) is 2.75. The number of oxazole rings is 1. The largest absolute Gasteiger partial charge is 0.484 e. The molecule has 0 radical (unpaired) electrons. The summed E-state index contributed by atoms with van der Waals surface area (Å²) in [5.41, 5.74) is 1.25. The zero-order valence-corrected chi connectivity index (χ0v) is 12.4. The minimum Gasteiger partial charge on any atom is -0.484 e. The van der Waals surface area contributed by atoms with E-state index >= 15 is 0 Å². The fourth-order valence-electron chi connectivity index (χ4n) is 2.45. The number of pyridine rings is 1. The van der Waals surface area contributed by atoms with E-state index < -0.39 is 0 Å². The summed E-state index contributed by atoms with van der Waals surface area (Å²) in [7, 11) is 0. The van der Waals surface area contributed by atoms with Crippen LogP contribution in [0.15, 0.2) is 47.2 Å². The number of hydrogen-bond acceptors (Lipinski definition) is 5. The number of likely N-dealkylation sites (tertiary alicyclic amines) is 1. The summed E-state index contributed by atoms with van der Waals surface area (Å²) in [4.78, 5) is 22.2. The predicted octanol–water partition coefficient (Wildman–Crippen LogP) is 2.65. The summed E-state index contributed by atoms with van der Waals surface area (Å²) in [6.45, 7) is 1.77. The number of fused-ring (bicyclic) bond motifs is 1. The molecule has 4 rings (SSSR count). The lowest BCUT2D eigenvalue weighted by Gasteiger charge is -2.29. The second-order valence-electron chi connectivity index (χ2n) is 5.42. The van der Waals surface area contributed by atoms with Crippen molar-refractivity contribution in [3.63, 3.8) is 0 Å². The highest BCUT2D eigenvalue weighted by atomic mass is 16.5. The van der Waals surface area contributed by atoms with E-state index in [1.165, 1.54) is 6.26 Å². The van der Waals surface area contributed by atoms with Gasteiger partial charge in [0.2, 0.25) is 5.89 Å². The average molecular weight is 309 g/mol. The summed E-state index contributed by atoms with van der Waals surface area (Å²) in [6.07, 6.45) is 4.20. The van der Waals surface area contributed by atoms with Crippen molar-refractivity contribution in [3.8, 4) is 5.75 Å². The first kappa shape index (κ1) is 13.8. The zero-order valence-electron chi connectivity index (χ0n) is 12.4. The minimum atomic E-state index is -0.0805. The lowest BCUT2D eigenvalue weighted by Crippen LogP contribution is -2.42. The van der Waals surface area contributed by atoms with Crippen molar-refractivity contribution in [2.45, 2.75) is 13.0 Å². The molecule has 0 aliphatic carbocycles. The van der Waals surface area contributed by atoms with Crippen LogP contribution in [-0.4, -0.2) is 33.9 Å². The molecular formula is C17H15N3O3. The standard InChI is InChI=1S/C17H15N3O3/c21-17(20-7-2-8-20)15-10-23-16(19-15)11-22-13-4-5-14-12(9-13)3-1-6-18-14/h1,3-6,9-10H,2,7-8,11H2. The van der Waals surface area contributed by atoms with Gasteiger partial charge in [-0.15, -0.1) is 0 Å². The number of ether oxygens (including phenoxy) is 1. The third-order valence-corrected chi connectivity index (χ3v) is 3.85. The van der Waals surface area contributed by atoms with Gasteiger partial charge in [-0.1, -0.05) is 6.07 Å². The maximum absolute atomic E-state index is 12.0. The van der Waals surface area contributed by atoms with E-state index in [1.807, 2.05) is 30.3 Å². The second kappa shape index (κ2) is 5.72. The van der Waals surface area contributed by atoms with Crippen LogP contribution in [0.3, 0.4) is 0 Å². The normalized spacial score (nSPS) is 13.8. The van der Waals surface area contributed by atoms with Crippen molar-refractivity contribution < 1.29 is 13.9 Å². The van der Waals surface area contributed by atoms with Crippen LogP contribution in [0.2, 0.25) is 0 Å². The minimum absolute atomic E-state index is 0.0805. The molecule has 23 heavy (non-hydrogen) atoms. The molecule has 0 atom stereocenters. The SMILES string of the molecule is O=C(c1coc(COc2ccc3ncccc3c2)n1)N1CCC1. The molecule has 6 heteroatoms. The third-order valence-electron chi connectivity index (χ3n) is 3.85. The average Bonchev–Trinajstić information content (AvgIpc) is 3.00. The van der Waals surface area contributed by atoms with E-state index in [9.17, 15) is 4.79 Å². The van der Waals surface area contributed by atoms with Crippen molar-refractivity contribution >= 4 is 16.8 Å². The van der Waals surface area contributed by atoms with E-state index in [2.05, 4.69) is 9.97 Å². The Kier molecular flexibility index (Phi) is 3.42. The number of hydrogen-bond donors (Lipinski definition) is 0. The number of rotatable bonds is 4. The number of aromatic nitrogens is 2. The molecule has 116 valence electrons. The topological polar surface area (TPSA) is 68.5 Å². The van der Waals surface area contributed by atoms with Gasteiger partial charge in [-0.05, 0) is 30.7 Å². The van der Waals surface area contributed by atoms with Crippen LogP contribution < -0.4 is 4.74 Å². The maximum atomic E-state index is 12.0. The molecule has 1 amide bonds. The molecule has 2 aromatic heterocycles. The summed E-state index contributed by atoms with van der Waals surface area (Å²) in [5, 5.41) is 1.01. The van der Waals surface area contributed by atoms with Crippen LogP contribution in [0.1, 0.15) is 22.8 Å². The molecule has 6 nitrogen and oxygen atoms in total. The Morgan fingerprint density at radius 2 is 2.22 bits per heavy atom. The molecule has 0 N–H and O–H groups in total. The number of benzene rings is 1. The highest BCUT2D eigenvalue weighted by molar-refractivity contribution is 5.92. The van der Waals surface area contributed by atoms with Gasteiger partial charge < -0.3 is 14.1 Å². The smallest absolute Gasteiger partial charge is 0.275 e. The number of amides is 1. The van der Waals surface area contributed by atoms with Crippen LogP contribution in [0, 0.1) is 0 Å². The number of carbonyl (C=O) groups is 1. The van der Waals surface area contributed by atoms with Gasteiger partial charge in [-0.25, -0.2) is 4.98 Å². The highest BCUT2D eigenvalue weighted by Crippen LogP contribution is 2.20. The first-order valence-corrected chi connectivity index (χ1v) is 7.51. The summed E-state index contributed by atoms with van der Waals surface area (Å²) < 4.78 is 11.0. The fraction of sp³-hybridized carbons (Fsp3) is 0.235. The monoisotopic (exact) mass is 309 g/mol. The molecule has 0 bridgehead atoms. The van der Waals surface area contributed by atoms with Crippen molar-refractivity contribution in [2.75, 3.05) is 13.1 Å². The lowest BCUT2D eigenvalue weighted by atomic mass is 10.2. The van der Waals surface area contributed by atoms with E-state index in [0.29, 0.717) is 17.3 Å². The van der Waals surface area contributed by atoms with E-state index in [0.717, 1.165) is 30.4 Å². The lowest BCUT2D eigenvalue weighted by molar-refractivity contribution is 0.0645. The molecule has 0 unspecified atom stereocenters. The number of nitrogens with zero attached hydrogens (tertiary/aromatic N) is 3. The molecular weight excluding hydrogens is 294 g/mol. The Balaban J connectivity index is 1.43. The second-order valence-corrected chi connectivity index (χ2v) is 5.42. The highest BCUT2D eigenvalue weighted by Gasteiger charge is 2.24. The van der Waals surface area contributed by atoms with Crippen LogP contribution in [0.5, 0.6) is 5.75 Å². The van der Waals surface area contributed by atoms with Crippen molar-refractivity contribution in [1.82, 2.24) is 14.9 Å². The van der Waals surface area contributed by atoms with Crippen molar-refractivity contribution in [3.05, 3.63) is 54.4 Å². The molecule has 0 saturated carbocycles. The van der Waals surface area contributed by atoms with Gasteiger partial charge in [0.25, 0.3) is 5.91 Å². The van der Waals surface area contributed by atoms with E-state index in [4.69, 9.17) is 9.15 Å². The quantitative estimate of drug-likeness (QED) is 0.741. The molecule has 3 aromatic rings. The number of carbonyl (C=O) groups excluding carboxylic acids is 1. The Bertz CT molecular complexity index is 855. The predicted molar refractivity (Wildman–Crippen MR) is 83.1 cm³/mol. The summed E-state index contributed by atoms with van der Waals surface area (Å²) >= 11 is 0. The van der Waals surface area contributed by atoms with Gasteiger partial charge in [0.05, 0.1) is 5.52 Å². The van der Waals surface area contributed by atoms with E-state index in [1.54, 1.807) is 11.1 Å². The first-order valence-electron chi connectivity index (χ1n) is 7.51. The Labute approximate surface area is 132 Å². The maximum Gasteiger partial charge on any atom is 0.275 e. The summed E-state index contributed by atoms with van der Waals surface area (Å²) in [5.74, 6) is 1.02.